The highest BCUT2D eigenvalue weighted by Crippen LogP contribution is 2.16. The SMILES string of the molecule is CCC(C)(NPC)C(=O)O.CCC(C)=O.CCC(NC(=O)C(C)(CC)NPC)C(=O)NC.CCC(NPC)C(=O)NC. The van der Waals surface area contributed by atoms with Crippen molar-refractivity contribution in [3.63, 3.8) is 0 Å². The number of carboxylic acid groups (broad SMARTS) is 1. The van der Waals surface area contributed by atoms with E-state index in [1.807, 2.05) is 61.5 Å². The van der Waals surface area contributed by atoms with Crippen LogP contribution in [0.15, 0.2) is 0 Å². The maximum Gasteiger partial charge on any atom is 0.323 e. The van der Waals surface area contributed by atoms with Gasteiger partial charge in [-0.3, -0.25) is 34.4 Å². The van der Waals surface area contributed by atoms with Crippen molar-refractivity contribution in [2.75, 3.05) is 34.1 Å². The molecule has 0 saturated carbocycles. The number of hydrogen-bond acceptors (Lipinski definition) is 8. The summed E-state index contributed by atoms with van der Waals surface area (Å²) in [6.07, 6.45) is 3.40. The van der Waals surface area contributed by atoms with Crippen LogP contribution in [0.3, 0.4) is 0 Å². The first-order valence-electron chi connectivity index (χ1n) is 14.3. The fourth-order valence-electron chi connectivity index (χ4n) is 2.70. The van der Waals surface area contributed by atoms with Crippen LogP contribution < -0.4 is 31.2 Å². The summed E-state index contributed by atoms with van der Waals surface area (Å²) in [6.45, 7) is 20.6. The van der Waals surface area contributed by atoms with Crippen LogP contribution in [0.5, 0.6) is 0 Å². The van der Waals surface area contributed by atoms with Crippen LogP contribution in [0.1, 0.15) is 87.5 Å². The third-order valence-corrected chi connectivity index (χ3v) is 8.49. The summed E-state index contributed by atoms with van der Waals surface area (Å²) in [5, 5.41) is 25.9. The fourth-order valence-corrected chi connectivity index (χ4v) is 5.06. The number of nitrogens with one attached hydrogen (secondary N) is 6. The molecule has 0 aliphatic rings. The number of aliphatic carboxylic acids is 1. The van der Waals surface area contributed by atoms with Crippen molar-refractivity contribution in [1.82, 2.24) is 31.2 Å². The highest BCUT2D eigenvalue weighted by atomic mass is 31.1. The third-order valence-electron chi connectivity index (χ3n) is 6.25. The number of carbonyl (C=O) groups is 5. The van der Waals surface area contributed by atoms with Gasteiger partial charge in [0.25, 0.3) is 0 Å². The first-order valence-corrected chi connectivity index (χ1v) is 18.8. The maximum absolute atomic E-state index is 12.1. The Morgan fingerprint density at radius 3 is 1.33 bits per heavy atom. The van der Waals surface area contributed by atoms with Gasteiger partial charge in [-0.15, -0.1) is 0 Å². The molecule has 7 N–H and O–H groups in total. The van der Waals surface area contributed by atoms with Crippen molar-refractivity contribution < 1.29 is 29.1 Å². The quantitative estimate of drug-likeness (QED) is 0.123. The summed E-state index contributed by atoms with van der Waals surface area (Å²) in [6, 6.07) is -0.464. The van der Waals surface area contributed by atoms with Gasteiger partial charge in [0.2, 0.25) is 17.7 Å². The predicted octanol–water partition coefficient (Wildman–Crippen LogP) is 2.97. The molecule has 15 heteroatoms. The number of hydrogen-bond donors (Lipinski definition) is 7. The van der Waals surface area contributed by atoms with Crippen LogP contribution >= 0.6 is 26.2 Å². The van der Waals surface area contributed by atoms with Gasteiger partial charge in [0.05, 0.1) is 11.6 Å². The van der Waals surface area contributed by atoms with E-state index in [0.29, 0.717) is 51.9 Å². The molecule has 7 atom stereocenters. The van der Waals surface area contributed by atoms with Crippen molar-refractivity contribution in [2.45, 2.75) is 111 Å². The normalized spacial score (nSPS) is 15.1. The van der Waals surface area contributed by atoms with Crippen LogP contribution in [0, 0.1) is 0 Å². The molecular formula is C27H61N6O6P3. The molecule has 0 heterocycles. The van der Waals surface area contributed by atoms with E-state index in [4.69, 9.17) is 5.11 Å². The minimum Gasteiger partial charge on any atom is -0.480 e. The molecule has 3 amide bonds. The number of carbonyl (C=O) groups excluding carboxylic acids is 4. The van der Waals surface area contributed by atoms with E-state index >= 15 is 0 Å². The molecule has 0 aliphatic heterocycles. The minimum atomic E-state index is -0.774. The van der Waals surface area contributed by atoms with E-state index in [9.17, 15) is 24.0 Å². The van der Waals surface area contributed by atoms with Crippen LogP contribution in [-0.2, 0) is 24.0 Å². The zero-order valence-corrected chi connectivity index (χ0v) is 31.2. The molecule has 0 rings (SSSR count). The molecule has 0 aliphatic carbocycles. The van der Waals surface area contributed by atoms with E-state index < -0.39 is 23.1 Å². The molecule has 0 fully saturated rings. The Bertz CT molecular complexity index is 779. The summed E-state index contributed by atoms with van der Waals surface area (Å²) in [7, 11) is 4.83. The summed E-state index contributed by atoms with van der Waals surface area (Å²) in [4.78, 5) is 55.0. The molecule has 0 aromatic rings. The van der Waals surface area contributed by atoms with Gasteiger partial charge in [-0.2, -0.15) is 0 Å². The Morgan fingerprint density at radius 1 is 0.714 bits per heavy atom. The molecule has 250 valence electrons. The first-order chi connectivity index (χ1) is 19.5. The molecule has 0 radical (unpaired) electrons. The third kappa shape index (κ3) is 22.3. The minimum absolute atomic E-state index is 0.00617. The number of amides is 3. The lowest BCUT2D eigenvalue weighted by atomic mass is 9.98. The van der Waals surface area contributed by atoms with Crippen LogP contribution in [0.4, 0.5) is 0 Å². The summed E-state index contributed by atoms with van der Waals surface area (Å²) in [5.74, 6) is -0.714. The number of likely N-dealkylation sites (N-methyl/N-ethyl adjacent to an activating group) is 2. The van der Waals surface area contributed by atoms with Gasteiger partial charge in [-0.25, -0.2) is 0 Å². The molecule has 12 nitrogen and oxygen atoms in total. The van der Waals surface area contributed by atoms with Crippen LogP contribution in [0.25, 0.3) is 0 Å². The van der Waals surface area contributed by atoms with Gasteiger partial charge in [0, 0.05) is 20.5 Å². The molecule has 7 unspecified atom stereocenters. The van der Waals surface area contributed by atoms with Crippen molar-refractivity contribution in [3.8, 4) is 0 Å². The van der Waals surface area contributed by atoms with E-state index in [-0.39, 0.29) is 29.5 Å². The van der Waals surface area contributed by atoms with Crippen LogP contribution in [-0.4, -0.2) is 91.8 Å². The first kappa shape index (κ1) is 47.6. The van der Waals surface area contributed by atoms with Gasteiger partial charge < -0.3 is 25.9 Å². The highest BCUT2D eigenvalue weighted by molar-refractivity contribution is 7.35. The van der Waals surface area contributed by atoms with Gasteiger partial charge in [-0.05, 0) is 66.4 Å². The Balaban J connectivity index is -0.000000249. The smallest absolute Gasteiger partial charge is 0.323 e. The van der Waals surface area contributed by atoms with E-state index in [1.54, 1.807) is 27.9 Å². The molecule has 42 heavy (non-hydrogen) atoms. The van der Waals surface area contributed by atoms with Gasteiger partial charge in [0.1, 0.15) is 17.4 Å². The largest absolute Gasteiger partial charge is 0.480 e. The highest BCUT2D eigenvalue weighted by Gasteiger charge is 2.32. The molecule has 0 saturated heterocycles. The maximum atomic E-state index is 12.1. The van der Waals surface area contributed by atoms with Gasteiger partial charge >= 0.3 is 5.97 Å². The average Bonchev–Trinajstić information content (AvgIpc) is 2.98. The fraction of sp³-hybridized carbons (Fsp3) is 0.815. The molecule has 0 spiro atoms. The lowest BCUT2D eigenvalue weighted by Gasteiger charge is -2.29. The summed E-state index contributed by atoms with van der Waals surface area (Å²) in [5.41, 5.74) is -1.33. The van der Waals surface area contributed by atoms with E-state index in [0.717, 1.165) is 6.42 Å². The zero-order valence-electron chi connectivity index (χ0n) is 28.2. The summed E-state index contributed by atoms with van der Waals surface area (Å²) < 4.78 is 0. The Hall–Kier alpha value is -1.28. The molecular weight excluding hydrogens is 597 g/mol. The Kier molecular flexibility index (Phi) is 32.3. The van der Waals surface area contributed by atoms with Crippen molar-refractivity contribution in [3.05, 3.63) is 0 Å². The number of rotatable bonds is 16. The van der Waals surface area contributed by atoms with E-state index in [1.165, 1.54) is 0 Å². The summed E-state index contributed by atoms with van der Waals surface area (Å²) >= 11 is 0. The average molecular weight is 659 g/mol. The number of Topliss-reactive ketones (excluding diaryl/α,β-unsaturated/α-hetero) is 1. The van der Waals surface area contributed by atoms with Gasteiger partial charge in [-0.1, -0.05) is 60.8 Å². The Morgan fingerprint density at radius 2 is 1.10 bits per heavy atom. The monoisotopic (exact) mass is 658 g/mol. The lowest BCUT2D eigenvalue weighted by Crippen LogP contribution is -2.56. The lowest BCUT2D eigenvalue weighted by molar-refractivity contribution is -0.143. The van der Waals surface area contributed by atoms with Crippen molar-refractivity contribution in [1.29, 1.82) is 0 Å². The van der Waals surface area contributed by atoms with Gasteiger partial charge in [0.15, 0.2) is 0 Å². The number of carboxylic acids is 1. The Labute approximate surface area is 260 Å². The van der Waals surface area contributed by atoms with Crippen LogP contribution in [0.2, 0.25) is 0 Å². The standard InChI is InChI=1S/C11H24N3O2P.C6H15N2OP.C6H14NO2P.C4H8O/c1-6-8(9(15)12-4)13-10(16)11(3,7-2)14-17-5;1-4-5(8-10-3)6(9)7-2;1-4-6(2,5(8)9)7-10-3;1-3-4(2)5/h8,14,17H,6-7H2,1-5H3,(H,12,15)(H,13,16);5,8,10H,4H2,1-3H3,(H,7,9);7,10H,4H2,1-3H3,(H,8,9);3H2,1-2H3. The predicted molar refractivity (Wildman–Crippen MR) is 183 cm³/mol. The zero-order chi connectivity index (χ0) is 33.9. The molecule has 0 aromatic heterocycles. The second-order valence-corrected chi connectivity index (χ2v) is 11.8. The second kappa shape index (κ2) is 28.5. The van der Waals surface area contributed by atoms with Crippen molar-refractivity contribution in [2.24, 2.45) is 0 Å². The molecule has 0 bridgehead atoms. The molecule has 0 aromatic carbocycles. The van der Waals surface area contributed by atoms with E-state index in [2.05, 4.69) is 31.2 Å². The van der Waals surface area contributed by atoms with Crippen molar-refractivity contribution >= 4 is 55.7 Å². The number of ketones is 1. The topological polar surface area (TPSA) is 178 Å². The second-order valence-electron chi connectivity index (χ2n) is 9.50.